The van der Waals surface area contributed by atoms with Gasteiger partial charge in [0.2, 0.25) is 0 Å². The summed E-state index contributed by atoms with van der Waals surface area (Å²) in [7, 11) is 0. The van der Waals surface area contributed by atoms with Gasteiger partial charge >= 0.3 is 6.09 Å². The normalized spacial score (nSPS) is 11.5. The minimum atomic E-state index is -0.601. The summed E-state index contributed by atoms with van der Waals surface area (Å²) in [5.41, 5.74) is 0.271. The molecule has 160 valence electrons. The summed E-state index contributed by atoms with van der Waals surface area (Å²) in [6.07, 6.45) is -0.560. The summed E-state index contributed by atoms with van der Waals surface area (Å²) in [4.78, 5) is 30.5. The number of para-hydroxylation sites is 1. The summed E-state index contributed by atoms with van der Waals surface area (Å²) in [6.45, 7) is 5.62. The molecule has 0 saturated carbocycles. The standard InChI is InChI=1S/C21H25N3O5S/c1-21(2,3)29-20(27)22-10-11-24(12-13-25)19(26)16-9-8-15(28-16)18-23-14-6-4-5-7-17(14)30-18/h4-9,25H,10-13H2,1-3H3,(H,22,27). The van der Waals surface area contributed by atoms with Gasteiger partial charge in [-0.1, -0.05) is 12.1 Å². The van der Waals surface area contributed by atoms with Gasteiger partial charge in [0, 0.05) is 19.6 Å². The fourth-order valence-corrected chi connectivity index (χ4v) is 3.67. The van der Waals surface area contributed by atoms with Crippen LogP contribution in [0.5, 0.6) is 0 Å². The number of aromatic nitrogens is 1. The number of fused-ring (bicyclic) bond motifs is 1. The van der Waals surface area contributed by atoms with Crippen molar-refractivity contribution in [3.63, 3.8) is 0 Å². The van der Waals surface area contributed by atoms with Gasteiger partial charge in [0.1, 0.15) is 5.60 Å². The highest BCUT2D eigenvalue weighted by Crippen LogP contribution is 2.31. The van der Waals surface area contributed by atoms with Crippen LogP contribution in [-0.4, -0.2) is 58.8 Å². The van der Waals surface area contributed by atoms with Gasteiger partial charge < -0.3 is 24.5 Å². The van der Waals surface area contributed by atoms with E-state index >= 15 is 0 Å². The third-order valence-electron chi connectivity index (χ3n) is 4.03. The number of nitrogens with one attached hydrogen (secondary N) is 1. The summed E-state index contributed by atoms with van der Waals surface area (Å²) in [6, 6.07) is 11.1. The minimum Gasteiger partial charge on any atom is -0.448 e. The Morgan fingerprint density at radius 1 is 1.20 bits per heavy atom. The van der Waals surface area contributed by atoms with E-state index in [-0.39, 0.29) is 37.9 Å². The zero-order valence-corrected chi connectivity index (χ0v) is 18.0. The quantitative estimate of drug-likeness (QED) is 0.593. The molecule has 3 rings (SSSR count). The second kappa shape index (κ2) is 9.27. The van der Waals surface area contributed by atoms with Crippen molar-refractivity contribution < 1.29 is 23.8 Å². The lowest BCUT2D eigenvalue weighted by atomic mass is 10.2. The fraction of sp³-hybridized carbons (Fsp3) is 0.381. The first kappa shape index (κ1) is 21.8. The van der Waals surface area contributed by atoms with Gasteiger partial charge in [-0.3, -0.25) is 4.79 Å². The molecule has 0 bridgehead atoms. The van der Waals surface area contributed by atoms with Crippen molar-refractivity contribution in [2.24, 2.45) is 0 Å². The van der Waals surface area contributed by atoms with E-state index in [9.17, 15) is 14.7 Å². The van der Waals surface area contributed by atoms with Crippen LogP contribution in [0.1, 0.15) is 31.3 Å². The fourth-order valence-electron chi connectivity index (χ4n) is 2.74. The molecule has 8 nitrogen and oxygen atoms in total. The molecule has 0 unspecified atom stereocenters. The number of carbonyl (C=O) groups excluding carboxylic acids is 2. The van der Waals surface area contributed by atoms with Gasteiger partial charge in [-0.2, -0.15) is 0 Å². The van der Waals surface area contributed by atoms with Crippen LogP contribution in [-0.2, 0) is 4.74 Å². The van der Waals surface area contributed by atoms with Gasteiger partial charge in [-0.05, 0) is 45.0 Å². The topological polar surface area (TPSA) is 105 Å². The lowest BCUT2D eigenvalue weighted by Crippen LogP contribution is -2.41. The van der Waals surface area contributed by atoms with Crippen molar-refractivity contribution in [3.05, 3.63) is 42.2 Å². The number of amides is 2. The summed E-state index contributed by atoms with van der Waals surface area (Å²) in [5, 5.41) is 12.6. The van der Waals surface area contributed by atoms with Gasteiger partial charge in [0.25, 0.3) is 5.91 Å². The van der Waals surface area contributed by atoms with Crippen LogP contribution in [0.4, 0.5) is 4.79 Å². The molecular formula is C21H25N3O5S. The Balaban J connectivity index is 1.65. The van der Waals surface area contributed by atoms with E-state index in [2.05, 4.69) is 10.3 Å². The third kappa shape index (κ3) is 5.58. The number of aliphatic hydroxyl groups excluding tert-OH is 1. The Morgan fingerprint density at radius 2 is 1.97 bits per heavy atom. The minimum absolute atomic E-state index is 0.117. The largest absolute Gasteiger partial charge is 0.448 e. The molecule has 2 aromatic heterocycles. The molecule has 30 heavy (non-hydrogen) atoms. The number of carbonyl (C=O) groups is 2. The maximum atomic E-state index is 12.8. The number of hydrogen-bond acceptors (Lipinski definition) is 7. The molecule has 0 aliphatic heterocycles. The van der Waals surface area contributed by atoms with Crippen LogP contribution in [0.3, 0.4) is 0 Å². The predicted octanol–water partition coefficient (Wildman–Crippen LogP) is 3.52. The molecule has 0 fully saturated rings. The van der Waals surface area contributed by atoms with Crippen LogP contribution in [0.25, 0.3) is 21.0 Å². The molecule has 0 aliphatic carbocycles. The monoisotopic (exact) mass is 431 g/mol. The van der Waals surface area contributed by atoms with Crippen molar-refractivity contribution in [2.75, 3.05) is 26.2 Å². The van der Waals surface area contributed by atoms with E-state index in [1.165, 1.54) is 16.2 Å². The molecular weight excluding hydrogens is 406 g/mol. The summed E-state index contributed by atoms with van der Waals surface area (Å²) in [5.74, 6) is 0.285. The van der Waals surface area contributed by atoms with Gasteiger partial charge in [-0.15, -0.1) is 11.3 Å². The van der Waals surface area contributed by atoms with E-state index in [0.29, 0.717) is 10.8 Å². The van der Waals surface area contributed by atoms with Gasteiger partial charge in [0.15, 0.2) is 16.5 Å². The van der Waals surface area contributed by atoms with Crippen LogP contribution < -0.4 is 5.32 Å². The van der Waals surface area contributed by atoms with Crippen molar-refractivity contribution in [1.29, 1.82) is 0 Å². The molecule has 1 aromatic carbocycles. The molecule has 0 spiro atoms. The Kier molecular flexibility index (Phi) is 6.73. The number of rotatable bonds is 7. The average molecular weight is 432 g/mol. The van der Waals surface area contributed by atoms with Crippen molar-refractivity contribution in [1.82, 2.24) is 15.2 Å². The zero-order valence-electron chi connectivity index (χ0n) is 17.2. The number of ether oxygens (including phenoxy) is 1. The van der Waals surface area contributed by atoms with Crippen LogP contribution in [0, 0.1) is 0 Å². The van der Waals surface area contributed by atoms with Gasteiger partial charge in [0.05, 0.1) is 16.8 Å². The molecule has 2 amide bonds. The van der Waals surface area contributed by atoms with Crippen LogP contribution in [0.15, 0.2) is 40.8 Å². The molecule has 0 aliphatic rings. The van der Waals surface area contributed by atoms with E-state index in [0.717, 1.165) is 10.2 Å². The van der Waals surface area contributed by atoms with Crippen LogP contribution in [0.2, 0.25) is 0 Å². The molecule has 0 saturated heterocycles. The maximum Gasteiger partial charge on any atom is 0.407 e. The number of benzene rings is 1. The van der Waals surface area contributed by atoms with Gasteiger partial charge in [-0.25, -0.2) is 9.78 Å². The van der Waals surface area contributed by atoms with Crippen molar-refractivity contribution >= 4 is 33.6 Å². The molecule has 2 N–H and O–H groups in total. The first-order valence-corrected chi connectivity index (χ1v) is 10.4. The third-order valence-corrected chi connectivity index (χ3v) is 5.08. The number of hydrogen-bond donors (Lipinski definition) is 2. The SMILES string of the molecule is CC(C)(C)OC(=O)NCCN(CCO)C(=O)c1ccc(-c2nc3ccccc3s2)o1. The van der Waals surface area contributed by atoms with Crippen molar-refractivity contribution in [2.45, 2.75) is 26.4 Å². The Morgan fingerprint density at radius 3 is 2.67 bits per heavy atom. The molecule has 2 heterocycles. The molecule has 0 radical (unpaired) electrons. The highest BCUT2D eigenvalue weighted by atomic mass is 32.1. The van der Waals surface area contributed by atoms with E-state index < -0.39 is 11.7 Å². The second-order valence-electron chi connectivity index (χ2n) is 7.60. The Bertz CT molecular complexity index is 988. The number of nitrogens with zero attached hydrogens (tertiary/aromatic N) is 2. The van der Waals surface area contributed by atoms with E-state index in [1.807, 2.05) is 24.3 Å². The molecule has 9 heteroatoms. The second-order valence-corrected chi connectivity index (χ2v) is 8.63. The maximum absolute atomic E-state index is 12.8. The Hall–Kier alpha value is -2.91. The Labute approximate surface area is 178 Å². The smallest absolute Gasteiger partial charge is 0.407 e. The van der Waals surface area contributed by atoms with Crippen LogP contribution >= 0.6 is 11.3 Å². The van der Waals surface area contributed by atoms with E-state index in [1.54, 1.807) is 32.9 Å². The summed E-state index contributed by atoms with van der Waals surface area (Å²) < 4.78 is 12.0. The first-order chi connectivity index (χ1) is 14.3. The predicted molar refractivity (Wildman–Crippen MR) is 115 cm³/mol. The number of furan rings is 1. The number of thiazole rings is 1. The molecule has 0 atom stereocenters. The molecule has 3 aromatic rings. The highest BCUT2D eigenvalue weighted by molar-refractivity contribution is 7.21. The highest BCUT2D eigenvalue weighted by Gasteiger charge is 2.21. The first-order valence-electron chi connectivity index (χ1n) is 9.59. The van der Waals surface area contributed by atoms with E-state index in [4.69, 9.17) is 9.15 Å². The number of aliphatic hydroxyl groups is 1. The lowest BCUT2D eigenvalue weighted by Gasteiger charge is -2.22. The zero-order chi connectivity index (χ0) is 21.7. The lowest BCUT2D eigenvalue weighted by molar-refractivity contribution is 0.0508. The number of alkyl carbamates (subject to hydrolysis) is 1. The van der Waals surface area contributed by atoms with Crippen molar-refractivity contribution in [3.8, 4) is 10.8 Å². The average Bonchev–Trinajstić information content (AvgIpc) is 3.32. The summed E-state index contributed by atoms with van der Waals surface area (Å²) >= 11 is 1.48.